The summed E-state index contributed by atoms with van der Waals surface area (Å²) >= 11 is 0. The van der Waals surface area contributed by atoms with Gasteiger partial charge in [-0.1, -0.05) is 44.2 Å². The molecular weight excluding hydrogens is 356 g/mol. The Balaban J connectivity index is 1.82. The number of hydrogen-bond donors (Lipinski definition) is 2. The molecule has 3 N–H and O–H groups in total. The number of pyridine rings is 1. The molecule has 0 spiro atoms. The van der Waals surface area contributed by atoms with E-state index in [0.717, 1.165) is 12.0 Å². The SMILES string of the molecule is C[C@H]1C[C@@H](C)[C@H](c2ccccc2)N(C(=O)C(=O)Nc2cncc(C(N)=O)c2)C1. The van der Waals surface area contributed by atoms with Crippen LogP contribution in [0.3, 0.4) is 0 Å². The molecule has 0 radical (unpaired) electrons. The molecule has 3 amide bonds. The van der Waals surface area contributed by atoms with Gasteiger partial charge in [0.2, 0.25) is 5.91 Å². The van der Waals surface area contributed by atoms with Gasteiger partial charge in [0, 0.05) is 12.7 Å². The van der Waals surface area contributed by atoms with E-state index in [9.17, 15) is 14.4 Å². The van der Waals surface area contributed by atoms with Crippen molar-refractivity contribution in [2.24, 2.45) is 17.6 Å². The van der Waals surface area contributed by atoms with E-state index in [2.05, 4.69) is 24.1 Å². The Morgan fingerprint density at radius 3 is 2.54 bits per heavy atom. The number of nitrogens with one attached hydrogen (secondary N) is 1. The summed E-state index contributed by atoms with van der Waals surface area (Å²) in [4.78, 5) is 42.4. The fourth-order valence-corrected chi connectivity index (χ4v) is 3.92. The molecule has 0 aliphatic carbocycles. The van der Waals surface area contributed by atoms with E-state index in [-0.39, 0.29) is 23.2 Å². The first-order chi connectivity index (χ1) is 13.4. The van der Waals surface area contributed by atoms with Gasteiger partial charge in [-0.15, -0.1) is 0 Å². The van der Waals surface area contributed by atoms with Crippen LogP contribution in [0.4, 0.5) is 5.69 Å². The third-order valence-corrected chi connectivity index (χ3v) is 5.03. The van der Waals surface area contributed by atoms with Crippen LogP contribution in [-0.2, 0) is 9.59 Å². The summed E-state index contributed by atoms with van der Waals surface area (Å²) < 4.78 is 0. The number of rotatable bonds is 3. The van der Waals surface area contributed by atoms with Crippen molar-refractivity contribution in [2.45, 2.75) is 26.3 Å². The van der Waals surface area contributed by atoms with Crippen LogP contribution in [0.25, 0.3) is 0 Å². The Bertz CT molecular complexity index is 884. The molecule has 0 saturated carbocycles. The zero-order valence-corrected chi connectivity index (χ0v) is 16.0. The molecule has 1 saturated heterocycles. The van der Waals surface area contributed by atoms with E-state index in [1.165, 1.54) is 18.5 Å². The minimum atomic E-state index is -0.759. The molecule has 1 aromatic heterocycles. The van der Waals surface area contributed by atoms with E-state index in [1.807, 2.05) is 30.3 Å². The lowest BCUT2D eigenvalue weighted by atomic mass is 9.81. The number of aromatic nitrogens is 1. The lowest BCUT2D eigenvalue weighted by molar-refractivity contribution is -0.147. The molecule has 1 aliphatic heterocycles. The average molecular weight is 380 g/mol. The highest BCUT2D eigenvalue weighted by Gasteiger charge is 2.38. The summed E-state index contributed by atoms with van der Waals surface area (Å²) in [6.45, 7) is 4.69. The molecule has 1 aliphatic rings. The van der Waals surface area contributed by atoms with Gasteiger partial charge in [0.25, 0.3) is 0 Å². The second-order valence-electron chi connectivity index (χ2n) is 7.41. The summed E-state index contributed by atoms with van der Waals surface area (Å²) in [5, 5.41) is 2.54. The van der Waals surface area contributed by atoms with Gasteiger partial charge in [-0.3, -0.25) is 19.4 Å². The van der Waals surface area contributed by atoms with Crippen LogP contribution in [0.2, 0.25) is 0 Å². The number of nitrogens with zero attached hydrogens (tertiary/aromatic N) is 2. The molecule has 28 heavy (non-hydrogen) atoms. The van der Waals surface area contributed by atoms with E-state index < -0.39 is 17.7 Å². The molecule has 0 bridgehead atoms. The minimum absolute atomic E-state index is 0.160. The molecule has 7 heteroatoms. The van der Waals surface area contributed by atoms with Crippen molar-refractivity contribution >= 4 is 23.4 Å². The van der Waals surface area contributed by atoms with Crippen LogP contribution < -0.4 is 11.1 Å². The van der Waals surface area contributed by atoms with Crippen LogP contribution in [0, 0.1) is 11.8 Å². The largest absolute Gasteiger partial charge is 0.366 e. The first-order valence-corrected chi connectivity index (χ1v) is 9.28. The number of benzene rings is 1. The topological polar surface area (TPSA) is 105 Å². The first kappa shape index (κ1) is 19.5. The van der Waals surface area contributed by atoms with Gasteiger partial charge < -0.3 is 16.0 Å². The van der Waals surface area contributed by atoms with E-state index in [0.29, 0.717) is 12.5 Å². The number of anilines is 1. The van der Waals surface area contributed by atoms with Gasteiger partial charge >= 0.3 is 11.8 Å². The van der Waals surface area contributed by atoms with Crippen molar-refractivity contribution in [3.63, 3.8) is 0 Å². The molecule has 2 heterocycles. The minimum Gasteiger partial charge on any atom is -0.366 e. The van der Waals surface area contributed by atoms with Crippen LogP contribution in [0.15, 0.2) is 48.8 Å². The Labute approximate surface area is 163 Å². The second kappa shape index (κ2) is 8.21. The van der Waals surface area contributed by atoms with Crippen LogP contribution in [0.1, 0.15) is 42.2 Å². The highest BCUT2D eigenvalue weighted by molar-refractivity contribution is 6.39. The van der Waals surface area contributed by atoms with Crippen molar-refractivity contribution in [1.82, 2.24) is 9.88 Å². The summed E-state index contributed by atoms with van der Waals surface area (Å²) in [6, 6.07) is 11.0. The quantitative estimate of drug-likeness (QED) is 0.797. The van der Waals surface area contributed by atoms with Crippen LogP contribution in [0.5, 0.6) is 0 Å². The van der Waals surface area contributed by atoms with Crippen molar-refractivity contribution < 1.29 is 14.4 Å². The van der Waals surface area contributed by atoms with Gasteiger partial charge in [-0.25, -0.2) is 0 Å². The summed E-state index contributed by atoms with van der Waals surface area (Å²) in [6.07, 6.45) is 3.66. The number of carbonyl (C=O) groups excluding carboxylic acids is 3. The standard InChI is InChI=1S/C21H24N4O3/c1-13-8-14(2)18(15-6-4-3-5-7-15)25(12-13)21(28)20(27)24-17-9-16(19(22)26)10-23-11-17/h3-7,9-11,13-14,18H,8,12H2,1-2H3,(H2,22,26)(H,24,27)/t13-,14+,18+/m0/s1. The van der Waals surface area contributed by atoms with Crippen molar-refractivity contribution in [2.75, 3.05) is 11.9 Å². The molecule has 7 nitrogen and oxygen atoms in total. The third-order valence-electron chi connectivity index (χ3n) is 5.03. The monoisotopic (exact) mass is 380 g/mol. The maximum Gasteiger partial charge on any atom is 0.313 e. The highest BCUT2D eigenvalue weighted by Crippen LogP contribution is 2.38. The lowest BCUT2D eigenvalue weighted by Gasteiger charge is -2.42. The van der Waals surface area contributed by atoms with Gasteiger partial charge in [0.1, 0.15) is 0 Å². The Morgan fingerprint density at radius 1 is 1.14 bits per heavy atom. The van der Waals surface area contributed by atoms with Crippen molar-refractivity contribution in [3.8, 4) is 0 Å². The number of piperidine rings is 1. The predicted octanol–water partition coefficient (Wildman–Crippen LogP) is 2.36. The summed E-state index contributed by atoms with van der Waals surface area (Å²) in [5.74, 6) is -1.49. The molecule has 1 fully saturated rings. The van der Waals surface area contributed by atoms with Crippen LogP contribution >= 0.6 is 0 Å². The zero-order chi connectivity index (χ0) is 20.3. The van der Waals surface area contributed by atoms with Gasteiger partial charge in [0.15, 0.2) is 0 Å². The number of carbonyl (C=O) groups is 3. The summed E-state index contributed by atoms with van der Waals surface area (Å²) in [5.41, 5.74) is 6.66. The fourth-order valence-electron chi connectivity index (χ4n) is 3.92. The Kier molecular flexibility index (Phi) is 5.73. The number of hydrogen-bond acceptors (Lipinski definition) is 4. The summed E-state index contributed by atoms with van der Waals surface area (Å²) in [7, 11) is 0. The predicted molar refractivity (Wildman–Crippen MR) is 105 cm³/mol. The number of amides is 3. The van der Waals surface area contributed by atoms with Crippen LogP contribution in [-0.4, -0.2) is 34.2 Å². The van der Waals surface area contributed by atoms with E-state index >= 15 is 0 Å². The number of likely N-dealkylation sites (tertiary alicyclic amines) is 1. The maximum atomic E-state index is 13.0. The smallest absolute Gasteiger partial charge is 0.313 e. The van der Waals surface area contributed by atoms with Gasteiger partial charge in [-0.05, 0) is 29.9 Å². The Hall–Kier alpha value is -3.22. The van der Waals surface area contributed by atoms with Crippen molar-refractivity contribution in [3.05, 3.63) is 59.9 Å². The second-order valence-corrected chi connectivity index (χ2v) is 7.41. The number of nitrogens with two attached hydrogens (primary N) is 1. The lowest BCUT2D eigenvalue weighted by Crippen LogP contribution is -2.49. The van der Waals surface area contributed by atoms with Gasteiger partial charge in [0.05, 0.1) is 23.5 Å². The van der Waals surface area contributed by atoms with Crippen molar-refractivity contribution in [1.29, 1.82) is 0 Å². The van der Waals surface area contributed by atoms with E-state index in [1.54, 1.807) is 4.90 Å². The molecule has 3 rings (SSSR count). The molecule has 0 unspecified atom stereocenters. The molecule has 146 valence electrons. The molecular formula is C21H24N4O3. The Morgan fingerprint density at radius 2 is 1.86 bits per heavy atom. The molecule has 1 aromatic carbocycles. The van der Waals surface area contributed by atoms with E-state index in [4.69, 9.17) is 5.73 Å². The zero-order valence-electron chi connectivity index (χ0n) is 16.0. The number of primary amides is 1. The highest BCUT2D eigenvalue weighted by atomic mass is 16.2. The fraction of sp³-hybridized carbons (Fsp3) is 0.333. The average Bonchev–Trinajstić information content (AvgIpc) is 2.67. The third kappa shape index (κ3) is 4.19. The first-order valence-electron chi connectivity index (χ1n) is 9.28. The van der Waals surface area contributed by atoms with Gasteiger partial charge in [-0.2, -0.15) is 0 Å². The normalized spacial score (nSPS) is 21.8. The maximum absolute atomic E-state index is 13.0. The molecule has 2 aromatic rings. The molecule has 3 atom stereocenters.